The van der Waals surface area contributed by atoms with Crippen LogP contribution in [-0.2, 0) is 20.0 Å². The molecule has 33 heavy (non-hydrogen) atoms. The molecular weight excluding hydrogens is 484 g/mol. The number of alkyl halides is 3. The van der Waals surface area contributed by atoms with Crippen molar-refractivity contribution >= 4 is 24.6 Å². The lowest BCUT2D eigenvalue weighted by atomic mass is 10.1. The number of benzene rings is 1. The molecule has 1 aliphatic rings. The lowest BCUT2D eigenvalue weighted by Crippen LogP contribution is -2.47. The second-order valence-corrected chi connectivity index (χ2v) is 10.3. The molecule has 1 aromatic rings. The molecule has 0 bridgehead atoms. The van der Waals surface area contributed by atoms with Gasteiger partial charge in [0.1, 0.15) is 12.4 Å². The molecule has 0 amide bonds. The van der Waals surface area contributed by atoms with E-state index in [0.717, 1.165) is 37.1 Å². The van der Waals surface area contributed by atoms with E-state index in [0.29, 0.717) is 17.2 Å². The minimum Gasteiger partial charge on any atom is -0.491 e. The quantitative estimate of drug-likeness (QED) is 0.263. The topological polar surface area (TPSA) is 124 Å². The molecule has 2 atom stereocenters. The minimum absolute atomic E-state index is 0.00505. The van der Waals surface area contributed by atoms with Crippen molar-refractivity contribution in [2.75, 3.05) is 33.0 Å². The molecule has 0 fully saturated rings. The summed E-state index contributed by atoms with van der Waals surface area (Å²) in [5.41, 5.74) is 4.27. The van der Waals surface area contributed by atoms with Crippen LogP contribution >= 0.6 is 19.6 Å². The summed E-state index contributed by atoms with van der Waals surface area (Å²) in [5, 5.41) is -0.0926. The molecule has 0 aromatic heterocycles. The Morgan fingerprint density at radius 2 is 1.97 bits per heavy atom. The third kappa shape index (κ3) is 9.20. The van der Waals surface area contributed by atoms with E-state index >= 15 is 0 Å². The number of aliphatic imine (C=N–C) groups is 1. The Labute approximate surface area is 195 Å². The van der Waals surface area contributed by atoms with Crippen LogP contribution in [-0.4, -0.2) is 53.3 Å². The van der Waals surface area contributed by atoms with Gasteiger partial charge in [0.2, 0.25) is 0 Å². The SMILES string of the molecule is CCCCCOCCOc1ccc(C2CN=C([C@@](C)(N)COP(=O)(O)O)S2)cc1C(F)(F)F. The molecule has 0 radical (unpaired) electrons. The number of unbranched alkanes of at least 4 members (excludes halogenated alkanes) is 2. The van der Waals surface area contributed by atoms with E-state index in [1.807, 2.05) is 0 Å². The molecule has 2 rings (SSSR count). The van der Waals surface area contributed by atoms with E-state index in [1.165, 1.54) is 13.0 Å². The number of thioether (sulfide) groups is 1. The van der Waals surface area contributed by atoms with Gasteiger partial charge in [-0.05, 0) is 31.0 Å². The number of halogens is 3. The molecule has 1 aromatic carbocycles. The van der Waals surface area contributed by atoms with Crippen molar-refractivity contribution in [2.45, 2.75) is 50.1 Å². The van der Waals surface area contributed by atoms with Crippen LogP contribution in [0.2, 0.25) is 0 Å². The van der Waals surface area contributed by atoms with E-state index < -0.39 is 37.0 Å². The molecular formula is C20H30F3N2O6PS. The van der Waals surface area contributed by atoms with Crippen molar-refractivity contribution in [3.8, 4) is 5.75 Å². The summed E-state index contributed by atoms with van der Waals surface area (Å²) in [5.74, 6) is -0.272. The summed E-state index contributed by atoms with van der Waals surface area (Å²) >= 11 is 1.14. The molecule has 0 spiro atoms. The molecule has 8 nitrogen and oxygen atoms in total. The Hall–Kier alpha value is -1.14. The third-order valence-electron chi connectivity index (χ3n) is 4.73. The van der Waals surface area contributed by atoms with Gasteiger partial charge in [0, 0.05) is 6.61 Å². The normalized spacial score (nSPS) is 18.8. The zero-order valence-corrected chi connectivity index (χ0v) is 20.2. The molecule has 1 unspecified atom stereocenters. The Morgan fingerprint density at radius 1 is 1.24 bits per heavy atom. The van der Waals surface area contributed by atoms with Gasteiger partial charge < -0.3 is 25.0 Å². The van der Waals surface area contributed by atoms with Crippen molar-refractivity contribution in [3.63, 3.8) is 0 Å². The molecule has 1 aliphatic heterocycles. The fraction of sp³-hybridized carbons (Fsp3) is 0.650. The van der Waals surface area contributed by atoms with E-state index in [9.17, 15) is 17.7 Å². The van der Waals surface area contributed by atoms with Crippen molar-refractivity contribution in [1.82, 2.24) is 0 Å². The smallest absolute Gasteiger partial charge is 0.469 e. The maximum absolute atomic E-state index is 13.7. The van der Waals surface area contributed by atoms with E-state index in [4.69, 9.17) is 25.0 Å². The Bertz CT molecular complexity index is 863. The van der Waals surface area contributed by atoms with Gasteiger partial charge in [0.15, 0.2) is 0 Å². The Morgan fingerprint density at radius 3 is 2.61 bits per heavy atom. The summed E-state index contributed by atoms with van der Waals surface area (Å²) in [7, 11) is -4.72. The first-order valence-corrected chi connectivity index (χ1v) is 12.9. The maximum atomic E-state index is 13.7. The van der Waals surface area contributed by atoms with Gasteiger partial charge in [0.05, 0.1) is 41.2 Å². The first-order chi connectivity index (χ1) is 15.3. The molecule has 188 valence electrons. The number of ether oxygens (including phenoxy) is 2. The van der Waals surface area contributed by atoms with Gasteiger partial charge in [-0.1, -0.05) is 37.6 Å². The van der Waals surface area contributed by atoms with E-state index in [2.05, 4.69) is 16.4 Å². The number of phosphoric acid groups is 1. The van der Waals surface area contributed by atoms with Crippen LogP contribution in [0.4, 0.5) is 13.2 Å². The monoisotopic (exact) mass is 514 g/mol. The van der Waals surface area contributed by atoms with Crippen LogP contribution in [0.15, 0.2) is 23.2 Å². The largest absolute Gasteiger partial charge is 0.491 e. The number of hydrogen-bond donors (Lipinski definition) is 3. The molecule has 0 aliphatic carbocycles. The van der Waals surface area contributed by atoms with Gasteiger partial charge in [0.25, 0.3) is 0 Å². The van der Waals surface area contributed by atoms with Crippen molar-refractivity contribution in [1.29, 1.82) is 0 Å². The zero-order chi connectivity index (χ0) is 24.7. The predicted molar refractivity (Wildman–Crippen MR) is 121 cm³/mol. The first-order valence-electron chi connectivity index (χ1n) is 10.5. The molecule has 0 saturated carbocycles. The number of phosphoric ester groups is 1. The number of nitrogens with zero attached hydrogens (tertiary/aromatic N) is 1. The second-order valence-electron chi connectivity index (χ2n) is 7.86. The van der Waals surface area contributed by atoms with Crippen molar-refractivity contribution in [3.05, 3.63) is 29.3 Å². The van der Waals surface area contributed by atoms with Gasteiger partial charge in [-0.15, -0.1) is 0 Å². The van der Waals surface area contributed by atoms with Gasteiger partial charge in [-0.2, -0.15) is 13.2 Å². The molecule has 0 saturated heterocycles. The standard InChI is InChI=1S/C20H30F3N2O6PS/c1-3-4-5-8-29-9-10-30-16-7-6-14(11-15(16)20(21,22)23)17-12-25-18(33-17)19(2,24)13-31-32(26,27)28/h6-7,11,17H,3-5,8-10,12-13,24H2,1-2H3,(H2,26,27,28)/t17?,19-/m0/s1. The van der Waals surface area contributed by atoms with Crippen LogP contribution in [0.5, 0.6) is 5.75 Å². The average Bonchev–Trinajstić information content (AvgIpc) is 3.22. The highest BCUT2D eigenvalue weighted by Gasteiger charge is 2.38. The summed E-state index contributed by atoms with van der Waals surface area (Å²) in [6, 6.07) is 3.86. The second kappa shape index (κ2) is 12.0. The van der Waals surface area contributed by atoms with E-state index in [1.54, 1.807) is 6.07 Å². The molecule has 1 heterocycles. The maximum Gasteiger partial charge on any atom is 0.469 e. The number of nitrogens with two attached hydrogens (primary N) is 1. The van der Waals surface area contributed by atoms with Crippen molar-refractivity contribution in [2.24, 2.45) is 10.7 Å². The van der Waals surface area contributed by atoms with Crippen LogP contribution in [0.1, 0.15) is 49.5 Å². The van der Waals surface area contributed by atoms with Crippen LogP contribution < -0.4 is 10.5 Å². The molecule has 13 heteroatoms. The zero-order valence-electron chi connectivity index (χ0n) is 18.5. The lowest BCUT2D eigenvalue weighted by molar-refractivity contribution is -0.139. The first kappa shape index (κ1) is 28.1. The lowest BCUT2D eigenvalue weighted by Gasteiger charge is -2.24. The third-order valence-corrected chi connectivity index (χ3v) is 6.72. The fourth-order valence-corrected chi connectivity index (χ4v) is 4.62. The van der Waals surface area contributed by atoms with E-state index in [-0.39, 0.29) is 25.5 Å². The fourth-order valence-electron chi connectivity index (χ4n) is 3.01. The number of rotatable bonds is 13. The highest BCUT2D eigenvalue weighted by atomic mass is 32.2. The predicted octanol–water partition coefficient (Wildman–Crippen LogP) is 4.30. The summed E-state index contributed by atoms with van der Waals surface area (Å²) in [6.45, 7) is 3.98. The Kier molecular flexibility index (Phi) is 10.2. The number of hydrogen-bond acceptors (Lipinski definition) is 7. The minimum atomic E-state index is -4.72. The summed E-state index contributed by atoms with van der Waals surface area (Å²) in [6.07, 6.45) is -1.63. The van der Waals surface area contributed by atoms with Gasteiger partial charge in [-0.3, -0.25) is 9.52 Å². The highest BCUT2D eigenvalue weighted by Crippen LogP contribution is 2.44. The highest BCUT2D eigenvalue weighted by molar-refractivity contribution is 8.14. The van der Waals surface area contributed by atoms with Crippen LogP contribution in [0.25, 0.3) is 0 Å². The summed E-state index contributed by atoms with van der Waals surface area (Å²) < 4.78 is 67.1. The Balaban J connectivity index is 2.02. The summed E-state index contributed by atoms with van der Waals surface area (Å²) in [4.78, 5) is 22.0. The average molecular weight is 515 g/mol. The van der Waals surface area contributed by atoms with Gasteiger partial charge in [-0.25, -0.2) is 4.57 Å². The molecule has 4 N–H and O–H groups in total. The van der Waals surface area contributed by atoms with Crippen molar-refractivity contribution < 1.29 is 41.5 Å². The van der Waals surface area contributed by atoms with Gasteiger partial charge >= 0.3 is 14.0 Å². The van der Waals surface area contributed by atoms with Crippen LogP contribution in [0, 0.1) is 0 Å². The van der Waals surface area contributed by atoms with Crippen LogP contribution in [0.3, 0.4) is 0 Å².